The van der Waals surface area contributed by atoms with Gasteiger partial charge in [0.1, 0.15) is 122 Å². The van der Waals surface area contributed by atoms with Crippen LogP contribution in [0, 0.1) is 40.4 Å². The molecule has 9 fully saturated rings. The minimum Gasteiger partial charge on any atom is -0.726 e. The first-order valence-electron chi connectivity index (χ1n) is 32.8. The number of ether oxygens (including phenoxy) is 12. The Morgan fingerprint density at radius 3 is 1.67 bits per heavy atom. The van der Waals surface area contributed by atoms with Crippen molar-refractivity contribution in [3.8, 4) is 0 Å². The van der Waals surface area contributed by atoms with Crippen molar-refractivity contribution in [2.75, 3.05) is 19.8 Å². The van der Waals surface area contributed by atoms with Gasteiger partial charge in [-0.3, -0.25) is 8.98 Å². The number of carbonyl (C=O) groups is 1. The molecule has 95 heavy (non-hydrogen) atoms. The second kappa shape index (κ2) is 30.9. The molecule has 10 rings (SSSR count). The third-order valence-corrected chi connectivity index (χ3v) is 22.6. The molecule has 37 atom stereocenters. The van der Waals surface area contributed by atoms with E-state index in [1.807, 2.05) is 13.8 Å². The molecule has 6 aliphatic heterocycles. The fraction of sp³-hybridized carbons (Fsp3) is 0.951. The Balaban J connectivity index is 0.0000106. The van der Waals surface area contributed by atoms with Gasteiger partial charge in [-0.05, 0) is 113 Å². The van der Waals surface area contributed by atoms with Gasteiger partial charge in [0.15, 0.2) is 37.7 Å². The largest absolute Gasteiger partial charge is 1.00 e. The van der Waals surface area contributed by atoms with E-state index < -0.39 is 237 Å². The summed E-state index contributed by atoms with van der Waals surface area (Å²) in [5, 5.41) is 168. The van der Waals surface area contributed by atoms with Crippen LogP contribution in [-0.4, -0.2) is 305 Å². The number of rotatable bonds is 21. The average Bonchev–Trinajstić information content (AvgIpc) is 1.68. The quantitative estimate of drug-likeness (QED) is 0.0220. The number of Topliss-reactive ketones (excluding diaryl/α,β-unsaturated/α-hetero) is 1. The molecule has 3 unspecified atom stereocenters. The monoisotopic (exact) mass is 1400 g/mol. The Bertz CT molecular complexity index is 2700. The van der Waals surface area contributed by atoms with Crippen LogP contribution < -0.4 is 29.6 Å². The average molecular weight is 1400 g/mol. The second-order valence-corrected chi connectivity index (χ2v) is 30.0. The number of allylic oxidation sites excluding steroid dienone is 2. The van der Waals surface area contributed by atoms with E-state index >= 15 is 0 Å². The summed E-state index contributed by atoms with van der Waals surface area (Å²) in [6.07, 6.45) is -45.5. The molecule has 0 aromatic rings. The van der Waals surface area contributed by atoms with Crippen molar-refractivity contribution in [1.29, 1.82) is 0 Å². The normalized spacial score (nSPS) is 51.0. The number of hydrogen-bond donors (Lipinski definition) is 15. The van der Waals surface area contributed by atoms with Gasteiger partial charge in [0.25, 0.3) is 0 Å². The molecule has 0 radical (unpaired) electrons. The predicted octanol–water partition coefficient (Wildman–Crippen LogP) is -7.55. The number of ketones is 1. The van der Waals surface area contributed by atoms with E-state index in [2.05, 4.69) is 19.9 Å². The molecular formula is C61H99NaO32S. The molecule has 0 aromatic heterocycles. The SMILES string of the molecule is CC(C)CC(=O)C[C@@](C)(O)[C@H]1CCC2C3C[C@H](O[C@@H]4O[C@H](C)[C@@H](O)[C@H](O[C@@H]5OC[C@@H](O[C@@H]6O[C@H](CO)[C@H](O)[C@H](O)[C@H]6O[C@@H]6O[C@H](C)[C@H](O)[C@H](O[C@@H]7O[C@H](CO)[C@@H](O)[C@@H]7O)[C@H]6O)[C@H](O)[C@H]5O[C@@H]5O[C@H](C)[C@@H](O)[C@H](O)[C@H]5O)[C@H]4O)C4C[C@H](OS(=O)(=O)[O-])CC[C@]4(C)C3=CC[C@@]21C.[Na+]. The molecule has 32 nitrogen and oxygen atoms in total. The summed E-state index contributed by atoms with van der Waals surface area (Å²) in [4.78, 5) is 13.3. The summed E-state index contributed by atoms with van der Waals surface area (Å²) in [5.74, 6) is -0.975. The Labute approximate surface area is 573 Å². The molecule has 6 heterocycles. The second-order valence-electron chi connectivity index (χ2n) is 29.0. The van der Waals surface area contributed by atoms with E-state index in [-0.39, 0.29) is 84.7 Å². The van der Waals surface area contributed by atoms with Gasteiger partial charge in [0, 0.05) is 12.8 Å². The van der Waals surface area contributed by atoms with Crippen LogP contribution in [0.4, 0.5) is 0 Å². The zero-order chi connectivity index (χ0) is 68.7. The van der Waals surface area contributed by atoms with Crippen LogP contribution in [0.25, 0.3) is 0 Å². The maximum Gasteiger partial charge on any atom is 1.00 e. The smallest absolute Gasteiger partial charge is 0.726 e. The van der Waals surface area contributed by atoms with Crippen LogP contribution in [-0.2, 0) is 76.2 Å². The topological polar surface area (TPSA) is 498 Å². The zero-order valence-electron chi connectivity index (χ0n) is 54.8. The molecule has 0 bridgehead atoms. The zero-order valence-corrected chi connectivity index (χ0v) is 57.6. The third kappa shape index (κ3) is 15.8. The van der Waals surface area contributed by atoms with Crippen LogP contribution in [0.2, 0.25) is 0 Å². The minimum absolute atomic E-state index is 0. The molecule has 542 valence electrons. The van der Waals surface area contributed by atoms with Crippen LogP contribution >= 0.6 is 0 Å². The first-order valence-corrected chi connectivity index (χ1v) is 34.1. The van der Waals surface area contributed by atoms with Crippen molar-refractivity contribution in [3.63, 3.8) is 0 Å². The Hall–Kier alpha value is -0.800. The van der Waals surface area contributed by atoms with Gasteiger partial charge in [-0.15, -0.1) is 0 Å². The van der Waals surface area contributed by atoms with E-state index in [0.29, 0.717) is 32.1 Å². The molecule has 10 aliphatic rings. The summed E-state index contributed by atoms with van der Waals surface area (Å²) in [6, 6.07) is 0. The van der Waals surface area contributed by atoms with Crippen molar-refractivity contribution >= 4 is 16.2 Å². The van der Waals surface area contributed by atoms with Gasteiger partial charge >= 0.3 is 29.6 Å². The third-order valence-electron chi connectivity index (χ3n) is 22.1. The summed E-state index contributed by atoms with van der Waals surface area (Å²) < 4.78 is 114. The molecule has 4 aliphatic carbocycles. The maximum atomic E-state index is 13.3. The fourth-order valence-corrected chi connectivity index (χ4v) is 17.5. The molecule has 15 N–H and O–H groups in total. The van der Waals surface area contributed by atoms with Crippen LogP contribution in [0.1, 0.15) is 113 Å². The van der Waals surface area contributed by atoms with Crippen LogP contribution in [0.15, 0.2) is 11.6 Å². The summed E-state index contributed by atoms with van der Waals surface area (Å²) in [7, 11) is -5.16. The molecule has 0 aromatic carbocycles. The molecule has 6 saturated heterocycles. The van der Waals surface area contributed by atoms with Crippen molar-refractivity contribution in [1.82, 2.24) is 0 Å². The molecule has 34 heteroatoms. The Morgan fingerprint density at radius 2 is 1.09 bits per heavy atom. The first-order chi connectivity index (χ1) is 44.0. The van der Waals surface area contributed by atoms with E-state index in [4.69, 9.17) is 61.0 Å². The van der Waals surface area contributed by atoms with Gasteiger partial charge < -0.3 is 138 Å². The van der Waals surface area contributed by atoms with E-state index in [1.54, 1.807) is 6.92 Å². The van der Waals surface area contributed by atoms with Crippen molar-refractivity contribution in [2.24, 2.45) is 40.4 Å². The van der Waals surface area contributed by atoms with Gasteiger partial charge in [-0.1, -0.05) is 39.3 Å². The molecule has 0 spiro atoms. The standard InChI is InChI=1S/C61H100O32S.Na/c1-22(2)15-26(64)18-61(8,77)36-10-9-29-28-17-32(31-16-27(93-94(78,79)80)11-13-59(31,6)30(28)12-14-60(29,36)7)85-55-47(75)50(39(67)24(4)83-55)90-57-51(91-53-46(74)43(71)37(65)23(3)82-53)42(70)35(21-81-57)88-58-52(44(72)40(68)33(19-62)87-58)92-56-48(76)49(38(66)25(5)84-56)89-54-45(73)41(69)34(20-63)86-54;/h12,22-25,27-29,31-58,62-63,65-77H,9-11,13-21H2,1-8H3,(H,78,79,80);/q;+1/p-1/t23-,24-,25-,27-,28?,29?,31?,32+,33-,34-,35-,36+,37-,38+,39-,40+,41-,42+,43+,44+,45+,46-,47-,48-,49+,50+,51-,52-,53+,54+,55+,56+,57+,58+,59-,60+,61-;/m1./s1. The Kier molecular flexibility index (Phi) is 25.5. The first kappa shape index (κ1) is 78.3. The fourth-order valence-electron chi connectivity index (χ4n) is 17.0. The number of aliphatic hydroxyl groups excluding tert-OH is 14. The van der Waals surface area contributed by atoms with Crippen molar-refractivity contribution < 1.29 is 185 Å². The Morgan fingerprint density at radius 1 is 0.600 bits per heavy atom. The number of aliphatic hydroxyl groups is 15. The predicted molar refractivity (Wildman–Crippen MR) is 310 cm³/mol. The summed E-state index contributed by atoms with van der Waals surface area (Å²) >= 11 is 0. The van der Waals surface area contributed by atoms with Gasteiger partial charge in [-0.25, -0.2) is 8.42 Å². The van der Waals surface area contributed by atoms with Crippen LogP contribution in [0.5, 0.6) is 0 Å². The van der Waals surface area contributed by atoms with E-state index in [1.165, 1.54) is 20.8 Å². The van der Waals surface area contributed by atoms with E-state index in [9.17, 15) is 94.4 Å². The number of hydrogen-bond acceptors (Lipinski definition) is 32. The molecular weight excluding hydrogens is 1300 g/mol. The van der Waals surface area contributed by atoms with Gasteiger partial charge in [0.05, 0.1) is 55.9 Å². The van der Waals surface area contributed by atoms with Gasteiger partial charge in [-0.2, -0.15) is 0 Å². The van der Waals surface area contributed by atoms with Gasteiger partial charge in [0.2, 0.25) is 10.4 Å². The minimum atomic E-state index is -5.16. The molecule has 3 saturated carbocycles. The van der Waals surface area contributed by atoms with E-state index in [0.717, 1.165) is 5.57 Å². The summed E-state index contributed by atoms with van der Waals surface area (Å²) in [6.45, 7) is 11.6. The molecule has 0 amide bonds. The van der Waals surface area contributed by atoms with Crippen molar-refractivity contribution in [3.05, 3.63) is 11.6 Å². The van der Waals surface area contributed by atoms with Crippen molar-refractivity contribution in [2.45, 2.75) is 303 Å². The maximum absolute atomic E-state index is 13.3. The number of carbonyl (C=O) groups excluding carboxylic acids is 1. The summed E-state index contributed by atoms with van der Waals surface area (Å²) in [5.41, 5.74) is -1.39. The number of fused-ring (bicyclic) bond motifs is 5. The van der Waals surface area contributed by atoms with Crippen LogP contribution in [0.3, 0.4) is 0 Å².